The molecule has 2 aromatic rings. The fourth-order valence-electron chi connectivity index (χ4n) is 1.86. The van der Waals surface area contributed by atoms with Gasteiger partial charge in [-0.25, -0.2) is 8.42 Å². The number of sulfonamides is 1. The Morgan fingerprint density at radius 1 is 1.10 bits per heavy atom. The van der Waals surface area contributed by atoms with Crippen LogP contribution in [-0.2, 0) is 16.6 Å². The average molecular weight is 291 g/mol. The van der Waals surface area contributed by atoms with Gasteiger partial charge in [0.05, 0.1) is 17.2 Å². The van der Waals surface area contributed by atoms with E-state index in [2.05, 4.69) is 4.72 Å². The zero-order chi connectivity index (χ0) is 14.8. The monoisotopic (exact) mass is 291 g/mol. The molecule has 0 atom stereocenters. The van der Waals surface area contributed by atoms with E-state index in [-0.39, 0.29) is 11.5 Å². The van der Waals surface area contributed by atoms with Crippen LogP contribution in [0.2, 0.25) is 0 Å². The Balaban J connectivity index is 2.38. The summed E-state index contributed by atoms with van der Waals surface area (Å²) in [5, 5.41) is 9.13. The van der Waals surface area contributed by atoms with Crippen LogP contribution < -0.4 is 4.72 Å². The fourth-order valence-corrected chi connectivity index (χ4v) is 3.09. The number of hydrogen-bond acceptors (Lipinski definition) is 3. The third kappa shape index (κ3) is 3.18. The molecule has 0 heterocycles. The van der Waals surface area contributed by atoms with Crippen molar-refractivity contribution in [2.75, 3.05) is 4.72 Å². The molecule has 2 N–H and O–H groups in total. The Hall–Kier alpha value is -1.85. The van der Waals surface area contributed by atoms with Gasteiger partial charge in [-0.3, -0.25) is 4.72 Å². The number of nitrogens with one attached hydrogen (secondary N) is 1. The topological polar surface area (TPSA) is 66.4 Å². The number of hydrogen-bond donors (Lipinski definition) is 2. The van der Waals surface area contributed by atoms with Crippen LogP contribution in [0.3, 0.4) is 0 Å². The third-order valence-corrected chi connectivity index (χ3v) is 4.39. The molecule has 4 nitrogen and oxygen atoms in total. The molecule has 0 bridgehead atoms. The lowest BCUT2D eigenvalue weighted by molar-refractivity contribution is 0.282. The second kappa shape index (κ2) is 5.64. The number of anilines is 1. The van der Waals surface area contributed by atoms with Gasteiger partial charge in [-0.2, -0.15) is 0 Å². The van der Waals surface area contributed by atoms with E-state index >= 15 is 0 Å². The van der Waals surface area contributed by atoms with Crippen LogP contribution in [0.1, 0.15) is 16.7 Å². The van der Waals surface area contributed by atoms with Crippen molar-refractivity contribution in [3.8, 4) is 0 Å². The first-order valence-electron chi connectivity index (χ1n) is 6.22. The molecular formula is C15H17NO3S. The second-order valence-electron chi connectivity index (χ2n) is 4.73. The van der Waals surface area contributed by atoms with Crippen molar-refractivity contribution in [1.29, 1.82) is 0 Å². The molecule has 20 heavy (non-hydrogen) atoms. The van der Waals surface area contributed by atoms with Crippen molar-refractivity contribution in [2.45, 2.75) is 25.3 Å². The predicted molar refractivity (Wildman–Crippen MR) is 79.1 cm³/mol. The number of rotatable bonds is 4. The zero-order valence-corrected chi connectivity index (χ0v) is 12.2. The summed E-state index contributed by atoms with van der Waals surface area (Å²) in [4.78, 5) is 0.228. The predicted octanol–water partition coefficient (Wildman–Crippen LogP) is 2.60. The van der Waals surface area contributed by atoms with Crippen LogP contribution in [0.4, 0.5) is 5.69 Å². The van der Waals surface area contributed by atoms with Crippen molar-refractivity contribution in [1.82, 2.24) is 0 Å². The van der Waals surface area contributed by atoms with Crippen LogP contribution in [0.25, 0.3) is 0 Å². The van der Waals surface area contributed by atoms with Gasteiger partial charge < -0.3 is 5.11 Å². The minimum absolute atomic E-state index is 0.126. The van der Waals surface area contributed by atoms with Gasteiger partial charge in [-0.15, -0.1) is 0 Å². The maximum Gasteiger partial charge on any atom is 0.261 e. The van der Waals surface area contributed by atoms with Crippen LogP contribution in [-0.4, -0.2) is 13.5 Å². The maximum atomic E-state index is 12.3. The van der Waals surface area contributed by atoms with Gasteiger partial charge >= 0.3 is 0 Å². The SMILES string of the molecule is Cc1cccc(S(=O)(=O)Nc2cc(CO)ccc2C)c1. The molecule has 5 heteroatoms. The van der Waals surface area contributed by atoms with Gasteiger partial charge in [-0.05, 0) is 48.7 Å². The van der Waals surface area contributed by atoms with Crippen molar-refractivity contribution < 1.29 is 13.5 Å². The molecule has 0 saturated heterocycles. The number of aliphatic hydroxyl groups excluding tert-OH is 1. The highest BCUT2D eigenvalue weighted by Crippen LogP contribution is 2.21. The largest absolute Gasteiger partial charge is 0.392 e. The molecule has 0 fully saturated rings. The summed E-state index contributed by atoms with van der Waals surface area (Å²) >= 11 is 0. The smallest absolute Gasteiger partial charge is 0.261 e. The lowest BCUT2D eigenvalue weighted by atomic mass is 10.1. The summed E-state index contributed by atoms with van der Waals surface area (Å²) in [6, 6.07) is 11.9. The van der Waals surface area contributed by atoms with Crippen molar-refractivity contribution in [3.63, 3.8) is 0 Å². The van der Waals surface area contributed by atoms with E-state index in [0.29, 0.717) is 11.3 Å². The van der Waals surface area contributed by atoms with Crippen LogP contribution >= 0.6 is 0 Å². The third-order valence-electron chi connectivity index (χ3n) is 3.03. The Morgan fingerprint density at radius 3 is 2.50 bits per heavy atom. The van der Waals surface area contributed by atoms with Gasteiger partial charge in [0.2, 0.25) is 0 Å². The number of benzene rings is 2. The normalized spacial score (nSPS) is 11.3. The molecule has 0 aromatic heterocycles. The first-order chi connectivity index (χ1) is 9.42. The highest BCUT2D eigenvalue weighted by Gasteiger charge is 2.15. The van der Waals surface area contributed by atoms with Crippen LogP contribution in [0.5, 0.6) is 0 Å². The summed E-state index contributed by atoms with van der Waals surface area (Å²) in [7, 11) is -3.61. The quantitative estimate of drug-likeness (QED) is 0.910. The first kappa shape index (κ1) is 14.6. The molecule has 0 unspecified atom stereocenters. The average Bonchev–Trinajstić information content (AvgIpc) is 2.41. The second-order valence-corrected chi connectivity index (χ2v) is 6.41. The van der Waals surface area contributed by atoms with Crippen LogP contribution in [0, 0.1) is 13.8 Å². The molecule has 0 radical (unpaired) electrons. The summed E-state index contributed by atoms with van der Waals surface area (Å²) in [6.45, 7) is 3.53. The Labute approximate surface area is 119 Å². The number of aryl methyl sites for hydroxylation is 2. The van der Waals surface area contributed by atoms with E-state index < -0.39 is 10.0 Å². The zero-order valence-electron chi connectivity index (χ0n) is 11.4. The lowest BCUT2D eigenvalue weighted by Gasteiger charge is -2.12. The summed E-state index contributed by atoms with van der Waals surface area (Å²) in [5.74, 6) is 0. The van der Waals surface area contributed by atoms with Gasteiger partial charge in [-0.1, -0.05) is 24.3 Å². The van der Waals surface area contributed by atoms with Crippen molar-refractivity contribution in [2.24, 2.45) is 0 Å². The molecular weight excluding hydrogens is 274 g/mol. The van der Waals surface area contributed by atoms with E-state index in [1.165, 1.54) is 0 Å². The molecule has 0 spiro atoms. The van der Waals surface area contributed by atoms with E-state index in [4.69, 9.17) is 5.11 Å². The highest BCUT2D eigenvalue weighted by atomic mass is 32.2. The summed E-state index contributed by atoms with van der Waals surface area (Å²) in [6.07, 6.45) is 0. The van der Waals surface area contributed by atoms with E-state index in [1.807, 2.05) is 19.9 Å². The molecule has 0 aliphatic carbocycles. The molecule has 0 amide bonds. The molecule has 0 aliphatic heterocycles. The molecule has 0 saturated carbocycles. The van der Waals surface area contributed by atoms with Crippen molar-refractivity contribution >= 4 is 15.7 Å². The first-order valence-corrected chi connectivity index (χ1v) is 7.70. The Morgan fingerprint density at radius 2 is 1.85 bits per heavy atom. The number of aliphatic hydroxyl groups is 1. The molecule has 2 aromatic carbocycles. The fraction of sp³-hybridized carbons (Fsp3) is 0.200. The summed E-state index contributed by atoms with van der Waals surface area (Å²) in [5.41, 5.74) is 2.84. The van der Waals surface area contributed by atoms with Crippen molar-refractivity contribution in [3.05, 3.63) is 59.2 Å². The summed E-state index contributed by atoms with van der Waals surface area (Å²) < 4.78 is 27.2. The van der Waals surface area contributed by atoms with Gasteiger partial charge in [0, 0.05) is 0 Å². The van der Waals surface area contributed by atoms with Crippen LogP contribution in [0.15, 0.2) is 47.4 Å². The van der Waals surface area contributed by atoms with Gasteiger partial charge in [0.25, 0.3) is 10.0 Å². The van der Waals surface area contributed by atoms with E-state index in [0.717, 1.165) is 11.1 Å². The minimum Gasteiger partial charge on any atom is -0.392 e. The maximum absolute atomic E-state index is 12.3. The molecule has 2 rings (SSSR count). The van der Waals surface area contributed by atoms with Gasteiger partial charge in [0.1, 0.15) is 0 Å². The molecule has 106 valence electrons. The van der Waals surface area contributed by atoms with E-state index in [9.17, 15) is 8.42 Å². The lowest BCUT2D eigenvalue weighted by Crippen LogP contribution is -2.14. The minimum atomic E-state index is -3.61. The standard InChI is InChI=1S/C15H17NO3S/c1-11-4-3-5-14(8-11)20(18,19)16-15-9-13(10-17)7-6-12(15)2/h3-9,16-17H,10H2,1-2H3. The van der Waals surface area contributed by atoms with E-state index in [1.54, 1.807) is 36.4 Å². The molecule has 0 aliphatic rings. The Kier molecular flexibility index (Phi) is 4.11. The highest BCUT2D eigenvalue weighted by molar-refractivity contribution is 7.92. The Bertz CT molecular complexity index is 724. The van der Waals surface area contributed by atoms with Gasteiger partial charge in [0.15, 0.2) is 0 Å².